The summed E-state index contributed by atoms with van der Waals surface area (Å²) in [7, 11) is 0. The molecule has 2 atom stereocenters. The number of carbonyl (C=O) groups is 3. The Morgan fingerprint density at radius 3 is 2.35 bits per heavy atom. The summed E-state index contributed by atoms with van der Waals surface area (Å²) < 4.78 is 24.8. The number of aromatic nitrogens is 1. The van der Waals surface area contributed by atoms with Crippen molar-refractivity contribution in [2.45, 2.75) is 38.8 Å². The predicted octanol–water partition coefficient (Wildman–Crippen LogP) is 5.91. The molecule has 10 heteroatoms. The van der Waals surface area contributed by atoms with Crippen LogP contribution in [0.25, 0.3) is 11.3 Å². The van der Waals surface area contributed by atoms with Gasteiger partial charge in [-0.1, -0.05) is 65.8 Å². The lowest BCUT2D eigenvalue weighted by atomic mass is 10.0. The first kappa shape index (κ1) is 28.0. The van der Waals surface area contributed by atoms with Crippen LogP contribution in [-0.2, 0) is 16.0 Å². The summed E-state index contributed by atoms with van der Waals surface area (Å²) >= 11 is 0. The smallest absolute Gasteiger partial charge is 0.412 e. The van der Waals surface area contributed by atoms with Crippen molar-refractivity contribution in [3.05, 3.63) is 107 Å². The number of hydrogen-bond acceptors (Lipinski definition) is 6. The first-order chi connectivity index (χ1) is 19.2. The van der Waals surface area contributed by atoms with Gasteiger partial charge in [-0.05, 0) is 50.5 Å². The number of amides is 2. The summed E-state index contributed by atoms with van der Waals surface area (Å²) in [5, 5.41) is 18.7. The lowest BCUT2D eigenvalue weighted by Gasteiger charge is -2.15. The maximum atomic E-state index is 14.0. The zero-order valence-corrected chi connectivity index (χ0v) is 21.9. The van der Waals surface area contributed by atoms with Gasteiger partial charge in [0.2, 0.25) is 0 Å². The fourth-order valence-corrected chi connectivity index (χ4v) is 4.10. The number of aryl methyl sites for hydroxylation is 2. The summed E-state index contributed by atoms with van der Waals surface area (Å²) in [4.78, 5) is 37.0. The number of ether oxygens (including phenoxy) is 1. The fraction of sp³-hybridized carbons (Fsp3) is 0.200. The van der Waals surface area contributed by atoms with Gasteiger partial charge in [-0.25, -0.2) is 14.0 Å². The van der Waals surface area contributed by atoms with E-state index in [4.69, 9.17) is 9.26 Å². The molecule has 4 rings (SSSR count). The van der Waals surface area contributed by atoms with Gasteiger partial charge in [-0.2, -0.15) is 0 Å². The number of aliphatic carboxylic acids is 1. The highest BCUT2D eigenvalue weighted by molar-refractivity contribution is 5.97. The second-order valence-corrected chi connectivity index (χ2v) is 9.13. The predicted molar refractivity (Wildman–Crippen MR) is 145 cm³/mol. The van der Waals surface area contributed by atoms with Crippen LogP contribution >= 0.6 is 0 Å². The Hall–Kier alpha value is -4.99. The van der Waals surface area contributed by atoms with Gasteiger partial charge in [-0.3, -0.25) is 10.1 Å². The number of benzene rings is 3. The molecule has 40 heavy (non-hydrogen) atoms. The van der Waals surface area contributed by atoms with E-state index in [1.54, 1.807) is 38.1 Å². The Morgan fingerprint density at radius 2 is 1.68 bits per heavy atom. The average Bonchev–Trinajstić information content (AvgIpc) is 3.30. The van der Waals surface area contributed by atoms with Crippen LogP contribution in [0.15, 0.2) is 83.4 Å². The van der Waals surface area contributed by atoms with Gasteiger partial charge in [0.15, 0.2) is 5.76 Å². The number of carbonyl (C=O) groups excluding carboxylic acids is 2. The Bertz CT molecular complexity index is 1490. The largest absolute Gasteiger partial charge is 0.480 e. The van der Waals surface area contributed by atoms with Crippen LogP contribution in [-0.4, -0.2) is 34.3 Å². The molecule has 0 spiro atoms. The van der Waals surface area contributed by atoms with Gasteiger partial charge in [0.05, 0.1) is 0 Å². The van der Waals surface area contributed by atoms with Crippen LogP contribution in [0.2, 0.25) is 0 Å². The molecule has 2 unspecified atom stereocenters. The number of anilines is 1. The van der Waals surface area contributed by atoms with E-state index in [0.29, 0.717) is 17.7 Å². The number of carboxylic acids is 1. The molecule has 1 heterocycles. The molecule has 0 aliphatic carbocycles. The number of carboxylic acid groups (broad SMARTS) is 1. The summed E-state index contributed by atoms with van der Waals surface area (Å²) in [5.74, 6) is -1.92. The van der Waals surface area contributed by atoms with Gasteiger partial charge >= 0.3 is 12.1 Å². The first-order valence-electron chi connectivity index (χ1n) is 12.6. The number of hydrogen-bond donors (Lipinski definition) is 3. The molecule has 0 saturated heterocycles. The lowest BCUT2D eigenvalue weighted by Crippen LogP contribution is -2.41. The molecule has 0 aliphatic rings. The van der Waals surface area contributed by atoms with Crippen molar-refractivity contribution in [1.29, 1.82) is 0 Å². The van der Waals surface area contributed by atoms with E-state index in [1.807, 2.05) is 30.3 Å². The maximum Gasteiger partial charge on any atom is 0.412 e. The highest BCUT2D eigenvalue weighted by Gasteiger charge is 2.23. The molecular formula is C30H28FN3O6. The Morgan fingerprint density at radius 1 is 1.00 bits per heavy atom. The van der Waals surface area contributed by atoms with Crippen molar-refractivity contribution in [2.75, 3.05) is 5.32 Å². The van der Waals surface area contributed by atoms with Crippen molar-refractivity contribution in [3.63, 3.8) is 0 Å². The minimum atomic E-state index is -1.12. The summed E-state index contributed by atoms with van der Waals surface area (Å²) in [5.41, 5.74) is 2.61. The maximum absolute atomic E-state index is 14.0. The summed E-state index contributed by atoms with van der Waals surface area (Å²) in [6.07, 6.45) is -0.931. The molecule has 4 aromatic rings. The van der Waals surface area contributed by atoms with E-state index in [0.717, 1.165) is 5.56 Å². The van der Waals surface area contributed by atoms with E-state index < -0.39 is 35.9 Å². The molecule has 3 aromatic carbocycles. The molecule has 0 bridgehead atoms. The number of nitrogens with one attached hydrogen (secondary N) is 2. The van der Waals surface area contributed by atoms with Crippen LogP contribution in [0.1, 0.15) is 46.6 Å². The average molecular weight is 546 g/mol. The van der Waals surface area contributed by atoms with E-state index >= 15 is 0 Å². The molecule has 2 amide bonds. The number of rotatable bonds is 10. The van der Waals surface area contributed by atoms with E-state index in [2.05, 4.69) is 15.8 Å². The Labute approximate surface area is 230 Å². The third-order valence-electron chi connectivity index (χ3n) is 6.29. The third kappa shape index (κ3) is 6.90. The van der Waals surface area contributed by atoms with Crippen molar-refractivity contribution in [1.82, 2.24) is 10.5 Å². The molecular weight excluding hydrogens is 517 g/mol. The topological polar surface area (TPSA) is 131 Å². The van der Waals surface area contributed by atoms with E-state index in [-0.39, 0.29) is 29.0 Å². The normalized spacial score (nSPS) is 12.3. The molecule has 0 aliphatic heterocycles. The second-order valence-electron chi connectivity index (χ2n) is 9.13. The molecule has 9 nitrogen and oxygen atoms in total. The molecule has 0 fully saturated rings. The molecule has 0 radical (unpaired) electrons. The summed E-state index contributed by atoms with van der Waals surface area (Å²) in [6.45, 7) is 3.19. The lowest BCUT2D eigenvalue weighted by molar-refractivity contribution is -0.139. The van der Waals surface area contributed by atoms with Crippen molar-refractivity contribution >= 4 is 23.7 Å². The standard InChI is InChI=1S/C30H28FN3O6/c1-18-26(33-30(38)39-19(2)23-10-6-7-11-24(23)31)27(40-34-18)21-13-15-22(16-14-21)28(35)32-25(29(36)37)17-12-20-8-4-3-5-9-20/h3-11,13-16,19,25H,12,17H2,1-2H3,(H,32,35)(H,33,38)(H,36,37). The van der Waals surface area contributed by atoms with Gasteiger partial charge in [0.1, 0.15) is 29.3 Å². The van der Waals surface area contributed by atoms with Crippen molar-refractivity contribution in [2.24, 2.45) is 0 Å². The van der Waals surface area contributed by atoms with Crippen LogP contribution in [0, 0.1) is 12.7 Å². The van der Waals surface area contributed by atoms with Crippen molar-refractivity contribution < 1.29 is 33.1 Å². The fourth-order valence-electron chi connectivity index (χ4n) is 4.10. The zero-order valence-electron chi connectivity index (χ0n) is 21.9. The number of halogens is 1. The second kappa shape index (κ2) is 12.7. The highest BCUT2D eigenvalue weighted by Crippen LogP contribution is 2.32. The quantitative estimate of drug-likeness (QED) is 0.226. The first-order valence-corrected chi connectivity index (χ1v) is 12.6. The summed E-state index contributed by atoms with van der Waals surface area (Å²) in [6, 6.07) is 20.6. The highest BCUT2D eigenvalue weighted by atomic mass is 19.1. The minimum Gasteiger partial charge on any atom is -0.480 e. The Balaban J connectivity index is 1.41. The van der Waals surface area contributed by atoms with E-state index in [9.17, 15) is 23.9 Å². The van der Waals surface area contributed by atoms with Crippen LogP contribution < -0.4 is 10.6 Å². The van der Waals surface area contributed by atoms with Crippen LogP contribution in [0.3, 0.4) is 0 Å². The minimum absolute atomic E-state index is 0.228. The van der Waals surface area contributed by atoms with Crippen LogP contribution in [0.5, 0.6) is 0 Å². The van der Waals surface area contributed by atoms with Gasteiger partial charge in [-0.15, -0.1) is 0 Å². The SMILES string of the molecule is Cc1noc(-c2ccc(C(=O)NC(CCc3ccccc3)C(=O)O)cc2)c1NC(=O)OC(C)c1ccccc1F. The number of nitrogens with zero attached hydrogens (tertiary/aromatic N) is 1. The molecule has 1 aromatic heterocycles. The van der Waals surface area contributed by atoms with Gasteiger partial charge < -0.3 is 19.7 Å². The van der Waals surface area contributed by atoms with E-state index in [1.165, 1.54) is 24.3 Å². The monoisotopic (exact) mass is 545 g/mol. The van der Waals surface area contributed by atoms with Crippen molar-refractivity contribution in [3.8, 4) is 11.3 Å². The molecule has 0 saturated carbocycles. The van der Waals surface area contributed by atoms with Gasteiger partial charge in [0.25, 0.3) is 5.91 Å². The molecule has 3 N–H and O–H groups in total. The Kier molecular flexibility index (Phi) is 8.90. The van der Waals surface area contributed by atoms with Crippen LogP contribution in [0.4, 0.5) is 14.9 Å². The third-order valence-corrected chi connectivity index (χ3v) is 6.29. The molecule has 206 valence electrons. The zero-order chi connectivity index (χ0) is 28.6. The van der Waals surface area contributed by atoms with Gasteiger partial charge in [0, 0.05) is 16.7 Å².